The van der Waals surface area contributed by atoms with Crippen LogP contribution in [-0.4, -0.2) is 38.8 Å². The van der Waals surface area contributed by atoms with E-state index in [0.29, 0.717) is 23.7 Å². The molecule has 8 heteroatoms. The zero-order valence-corrected chi connectivity index (χ0v) is 18.4. The van der Waals surface area contributed by atoms with Crippen molar-refractivity contribution in [3.05, 3.63) is 70.5 Å². The van der Waals surface area contributed by atoms with Crippen LogP contribution in [0, 0.1) is 0 Å². The molecule has 1 aromatic heterocycles. The molecule has 0 saturated carbocycles. The first kappa shape index (κ1) is 21.3. The first-order chi connectivity index (χ1) is 14.0. The van der Waals surface area contributed by atoms with E-state index in [1.54, 1.807) is 0 Å². The molecule has 150 valence electrons. The van der Waals surface area contributed by atoms with E-state index in [1.165, 1.54) is 18.7 Å². The molecular formula is C21H21BrN4O2S. The predicted octanol–water partition coefficient (Wildman–Crippen LogP) is 4.07. The summed E-state index contributed by atoms with van der Waals surface area (Å²) in [4.78, 5) is 23.5. The summed E-state index contributed by atoms with van der Waals surface area (Å²) < 4.78 is 2.96. The Kier molecular flexibility index (Phi) is 7.60. The lowest BCUT2D eigenvalue weighted by atomic mass is 10.2. The predicted molar refractivity (Wildman–Crippen MR) is 118 cm³/mol. The zero-order chi connectivity index (χ0) is 20.6. The number of nitrogens with one attached hydrogen (secondary N) is 1. The molecule has 0 saturated heterocycles. The van der Waals surface area contributed by atoms with Crippen molar-refractivity contribution in [3.63, 3.8) is 0 Å². The van der Waals surface area contributed by atoms with Crippen molar-refractivity contribution < 1.29 is 9.59 Å². The topological polar surface area (TPSA) is 76.9 Å². The Morgan fingerprint density at radius 2 is 1.79 bits per heavy atom. The van der Waals surface area contributed by atoms with Gasteiger partial charge in [0, 0.05) is 35.6 Å². The summed E-state index contributed by atoms with van der Waals surface area (Å²) in [6.45, 7) is 2.08. The number of benzene rings is 2. The Hall–Kier alpha value is -2.45. The van der Waals surface area contributed by atoms with Crippen LogP contribution in [0.15, 0.2) is 64.2 Å². The molecule has 0 aliphatic heterocycles. The van der Waals surface area contributed by atoms with Gasteiger partial charge in [-0.3, -0.25) is 14.2 Å². The van der Waals surface area contributed by atoms with Gasteiger partial charge in [0.15, 0.2) is 10.9 Å². The highest BCUT2D eigenvalue weighted by Gasteiger charge is 2.16. The average molecular weight is 473 g/mol. The van der Waals surface area contributed by atoms with Gasteiger partial charge in [-0.1, -0.05) is 58.0 Å². The number of thioether (sulfide) groups is 1. The lowest BCUT2D eigenvalue weighted by Crippen LogP contribution is -2.21. The average Bonchev–Trinajstić information content (AvgIpc) is 3.13. The number of amides is 1. The Bertz CT molecular complexity index is 974. The normalized spacial score (nSPS) is 10.7. The Balaban J connectivity index is 1.77. The van der Waals surface area contributed by atoms with E-state index >= 15 is 0 Å². The van der Waals surface area contributed by atoms with E-state index in [2.05, 4.69) is 31.4 Å². The SMILES string of the molecule is CC(=O)NCCCc1nnc(SCC(=O)c2ccccc2)n1-c1ccc(Br)cc1. The minimum atomic E-state index is -0.0463. The van der Waals surface area contributed by atoms with Crippen LogP contribution in [-0.2, 0) is 11.2 Å². The van der Waals surface area contributed by atoms with Crippen LogP contribution in [0.2, 0.25) is 0 Å². The molecule has 3 rings (SSSR count). The Morgan fingerprint density at radius 1 is 1.07 bits per heavy atom. The van der Waals surface area contributed by atoms with Gasteiger partial charge in [0.25, 0.3) is 0 Å². The molecule has 6 nitrogen and oxygen atoms in total. The molecule has 0 atom stereocenters. The second-order valence-electron chi connectivity index (χ2n) is 6.38. The van der Waals surface area contributed by atoms with Crippen molar-refractivity contribution in [2.75, 3.05) is 12.3 Å². The molecule has 1 heterocycles. The highest BCUT2D eigenvalue weighted by Crippen LogP contribution is 2.24. The molecule has 1 N–H and O–H groups in total. The van der Waals surface area contributed by atoms with Crippen LogP contribution < -0.4 is 5.32 Å². The minimum Gasteiger partial charge on any atom is -0.356 e. The highest BCUT2D eigenvalue weighted by molar-refractivity contribution is 9.10. The van der Waals surface area contributed by atoms with Gasteiger partial charge < -0.3 is 5.32 Å². The molecule has 1 amide bonds. The number of halogens is 1. The number of carbonyl (C=O) groups is 2. The molecule has 0 fully saturated rings. The molecule has 0 aliphatic carbocycles. The maximum atomic E-state index is 12.5. The smallest absolute Gasteiger partial charge is 0.216 e. The van der Waals surface area contributed by atoms with Crippen LogP contribution in [0.1, 0.15) is 29.5 Å². The van der Waals surface area contributed by atoms with Crippen molar-refractivity contribution in [2.24, 2.45) is 0 Å². The summed E-state index contributed by atoms with van der Waals surface area (Å²) in [7, 11) is 0. The first-order valence-corrected chi connectivity index (χ1v) is 11.0. The third-order valence-corrected chi connectivity index (χ3v) is 5.62. The number of rotatable bonds is 9. The number of aromatic nitrogens is 3. The van der Waals surface area contributed by atoms with Crippen LogP contribution in [0.25, 0.3) is 5.69 Å². The Morgan fingerprint density at radius 3 is 2.48 bits per heavy atom. The number of nitrogens with zero attached hydrogens (tertiary/aromatic N) is 3. The van der Waals surface area contributed by atoms with Gasteiger partial charge in [0.05, 0.1) is 5.75 Å². The van der Waals surface area contributed by atoms with Crippen molar-refractivity contribution >= 4 is 39.4 Å². The summed E-state index contributed by atoms with van der Waals surface area (Å²) in [5, 5.41) is 12.1. The molecule has 0 spiro atoms. The van der Waals surface area contributed by atoms with Gasteiger partial charge in [-0.15, -0.1) is 10.2 Å². The fourth-order valence-electron chi connectivity index (χ4n) is 2.75. The third-order valence-electron chi connectivity index (χ3n) is 4.16. The molecular weight excluding hydrogens is 452 g/mol. The van der Waals surface area contributed by atoms with Crippen molar-refractivity contribution in [3.8, 4) is 5.69 Å². The quantitative estimate of drug-likeness (QED) is 0.288. The summed E-state index contributed by atoms with van der Waals surface area (Å²) in [5.41, 5.74) is 1.62. The minimum absolute atomic E-state index is 0.0463. The second-order valence-corrected chi connectivity index (χ2v) is 8.23. The summed E-state index contributed by atoms with van der Waals surface area (Å²) in [5.74, 6) is 1.08. The lowest BCUT2D eigenvalue weighted by Gasteiger charge is -2.10. The van der Waals surface area contributed by atoms with Gasteiger partial charge >= 0.3 is 0 Å². The Labute approximate surface area is 182 Å². The highest BCUT2D eigenvalue weighted by atomic mass is 79.9. The first-order valence-electron chi connectivity index (χ1n) is 9.20. The zero-order valence-electron chi connectivity index (χ0n) is 16.0. The fourth-order valence-corrected chi connectivity index (χ4v) is 3.88. The van der Waals surface area contributed by atoms with Gasteiger partial charge in [0.2, 0.25) is 5.91 Å². The number of Topliss-reactive ketones (excluding diaryl/α,β-unsaturated/α-hetero) is 1. The van der Waals surface area contributed by atoms with Gasteiger partial charge in [-0.25, -0.2) is 0 Å². The maximum Gasteiger partial charge on any atom is 0.216 e. The van der Waals surface area contributed by atoms with Crippen LogP contribution >= 0.6 is 27.7 Å². The number of hydrogen-bond donors (Lipinski definition) is 1. The van der Waals surface area contributed by atoms with Crippen LogP contribution in [0.4, 0.5) is 0 Å². The number of ketones is 1. The molecule has 3 aromatic rings. The van der Waals surface area contributed by atoms with Crippen molar-refractivity contribution in [1.29, 1.82) is 0 Å². The van der Waals surface area contributed by atoms with E-state index in [4.69, 9.17) is 0 Å². The van der Waals surface area contributed by atoms with Gasteiger partial charge in [-0.2, -0.15) is 0 Å². The molecule has 29 heavy (non-hydrogen) atoms. The largest absolute Gasteiger partial charge is 0.356 e. The monoisotopic (exact) mass is 472 g/mol. The number of carbonyl (C=O) groups excluding carboxylic acids is 2. The van der Waals surface area contributed by atoms with Crippen LogP contribution in [0.5, 0.6) is 0 Å². The van der Waals surface area contributed by atoms with E-state index in [-0.39, 0.29) is 17.4 Å². The van der Waals surface area contributed by atoms with Gasteiger partial charge in [-0.05, 0) is 30.7 Å². The van der Waals surface area contributed by atoms with E-state index < -0.39 is 0 Å². The summed E-state index contributed by atoms with van der Waals surface area (Å²) in [6.07, 6.45) is 1.42. The molecule has 0 aliphatic rings. The molecule has 2 aromatic carbocycles. The standard InChI is InChI=1S/C21H21BrN4O2S/c1-15(27)23-13-5-8-20-24-25-21(26(20)18-11-9-17(22)10-12-18)29-14-19(28)16-6-3-2-4-7-16/h2-4,6-7,9-12H,5,8,13-14H2,1H3,(H,23,27). The molecule has 0 radical (unpaired) electrons. The van der Waals surface area contributed by atoms with E-state index in [9.17, 15) is 9.59 Å². The lowest BCUT2D eigenvalue weighted by molar-refractivity contribution is -0.118. The molecule has 0 unspecified atom stereocenters. The molecule has 0 bridgehead atoms. The van der Waals surface area contributed by atoms with E-state index in [1.807, 2.05) is 59.2 Å². The fraction of sp³-hybridized carbons (Fsp3) is 0.238. The number of hydrogen-bond acceptors (Lipinski definition) is 5. The summed E-state index contributed by atoms with van der Waals surface area (Å²) >= 11 is 4.83. The summed E-state index contributed by atoms with van der Waals surface area (Å²) in [6, 6.07) is 17.1. The third kappa shape index (κ3) is 6.01. The van der Waals surface area contributed by atoms with Crippen molar-refractivity contribution in [1.82, 2.24) is 20.1 Å². The second kappa shape index (κ2) is 10.4. The van der Waals surface area contributed by atoms with Crippen molar-refractivity contribution in [2.45, 2.75) is 24.9 Å². The van der Waals surface area contributed by atoms with E-state index in [0.717, 1.165) is 22.4 Å². The van der Waals surface area contributed by atoms with Gasteiger partial charge in [0.1, 0.15) is 5.82 Å². The van der Waals surface area contributed by atoms with Crippen LogP contribution in [0.3, 0.4) is 0 Å². The number of aryl methyl sites for hydroxylation is 1. The maximum absolute atomic E-state index is 12.5.